The molecule has 0 atom stereocenters. The predicted octanol–water partition coefficient (Wildman–Crippen LogP) is 3.19. The molecule has 2 aliphatic rings. The van der Waals surface area contributed by atoms with Crippen molar-refractivity contribution in [3.63, 3.8) is 0 Å². The lowest BCUT2D eigenvalue weighted by Crippen LogP contribution is -2.41. The number of likely N-dealkylation sites (tertiary alicyclic amines) is 1. The van der Waals surface area contributed by atoms with E-state index in [9.17, 15) is 13.2 Å². The lowest BCUT2D eigenvalue weighted by molar-refractivity contribution is 0.0183. The number of nitrogens with zero attached hydrogens (tertiary/aromatic N) is 1. The van der Waals surface area contributed by atoms with E-state index >= 15 is 0 Å². The van der Waals surface area contributed by atoms with Gasteiger partial charge in [-0.3, -0.25) is 0 Å². The number of ether oxygens (including phenoxy) is 1. The van der Waals surface area contributed by atoms with Gasteiger partial charge in [0.25, 0.3) is 0 Å². The number of carbonyl (C=O) groups is 1. The summed E-state index contributed by atoms with van der Waals surface area (Å²) in [5, 5.41) is 3.36. The van der Waals surface area contributed by atoms with E-state index in [0.717, 1.165) is 44.3 Å². The van der Waals surface area contributed by atoms with Crippen LogP contribution in [0.15, 0.2) is 23.1 Å². The Bertz CT molecular complexity index is 822. The minimum Gasteiger partial charge on any atom is -0.444 e. The molecule has 29 heavy (non-hydrogen) atoms. The van der Waals surface area contributed by atoms with E-state index in [1.165, 1.54) is 5.56 Å². The van der Waals surface area contributed by atoms with Crippen molar-refractivity contribution in [1.29, 1.82) is 0 Å². The van der Waals surface area contributed by atoms with E-state index in [4.69, 9.17) is 4.74 Å². The second-order valence-corrected chi connectivity index (χ2v) is 11.3. The number of amides is 1. The standard InChI is InChI=1S/C22H34N2O4S/c1-22(2,3)28-21(25)24-13-8-17(9-14-24)10-15-29(26,27)20-5-4-18-6-11-23-12-7-19(18)16-20/h4-5,16-17,23H,6-15H2,1-3H3. The summed E-state index contributed by atoms with van der Waals surface area (Å²) < 4.78 is 31.2. The Morgan fingerprint density at radius 3 is 2.45 bits per heavy atom. The Balaban J connectivity index is 1.53. The number of nitrogens with one attached hydrogen (secondary N) is 1. The van der Waals surface area contributed by atoms with Crippen LogP contribution in [0.3, 0.4) is 0 Å². The molecule has 0 bridgehead atoms. The van der Waals surface area contributed by atoms with Crippen LogP contribution in [-0.4, -0.2) is 56.9 Å². The number of fused-ring (bicyclic) bond motifs is 1. The first-order valence-electron chi connectivity index (χ1n) is 10.7. The molecule has 7 heteroatoms. The molecule has 1 amide bonds. The van der Waals surface area contributed by atoms with E-state index in [-0.39, 0.29) is 11.8 Å². The molecule has 0 aromatic heterocycles. The molecule has 0 spiro atoms. The van der Waals surface area contributed by atoms with Crippen LogP contribution in [0.5, 0.6) is 0 Å². The summed E-state index contributed by atoms with van der Waals surface area (Å²) in [5.74, 6) is 0.495. The van der Waals surface area contributed by atoms with Gasteiger partial charge in [-0.15, -0.1) is 0 Å². The minimum atomic E-state index is -3.28. The summed E-state index contributed by atoms with van der Waals surface area (Å²) in [6.45, 7) is 8.69. The van der Waals surface area contributed by atoms with Gasteiger partial charge in [0, 0.05) is 13.1 Å². The zero-order chi connectivity index (χ0) is 21.1. The van der Waals surface area contributed by atoms with Gasteiger partial charge < -0.3 is 15.0 Å². The Kier molecular flexibility index (Phi) is 6.89. The van der Waals surface area contributed by atoms with Crippen molar-refractivity contribution in [3.8, 4) is 0 Å². The maximum Gasteiger partial charge on any atom is 0.410 e. The smallest absolute Gasteiger partial charge is 0.410 e. The van der Waals surface area contributed by atoms with Crippen LogP contribution in [0.25, 0.3) is 0 Å². The van der Waals surface area contributed by atoms with Crippen LogP contribution < -0.4 is 5.32 Å². The second-order valence-electron chi connectivity index (χ2n) is 9.20. The summed E-state index contributed by atoms with van der Waals surface area (Å²) in [4.78, 5) is 14.3. The molecule has 2 heterocycles. The molecule has 3 rings (SSSR count). The number of piperidine rings is 1. The van der Waals surface area contributed by atoms with Gasteiger partial charge in [-0.25, -0.2) is 13.2 Å². The van der Waals surface area contributed by atoms with Crippen molar-refractivity contribution >= 4 is 15.9 Å². The van der Waals surface area contributed by atoms with Gasteiger partial charge >= 0.3 is 6.09 Å². The average Bonchev–Trinajstić information content (AvgIpc) is 2.90. The van der Waals surface area contributed by atoms with Crippen molar-refractivity contribution in [2.45, 2.75) is 63.4 Å². The van der Waals surface area contributed by atoms with E-state index in [1.54, 1.807) is 11.0 Å². The molecule has 0 radical (unpaired) electrons. The summed E-state index contributed by atoms with van der Waals surface area (Å²) in [6.07, 6.45) is 3.84. The highest BCUT2D eigenvalue weighted by Gasteiger charge is 2.28. The molecule has 1 aromatic rings. The molecule has 0 unspecified atom stereocenters. The molecule has 2 aliphatic heterocycles. The van der Waals surface area contributed by atoms with Crippen molar-refractivity contribution < 1.29 is 17.9 Å². The summed E-state index contributed by atoms with van der Waals surface area (Å²) in [7, 11) is -3.28. The number of sulfone groups is 1. The number of rotatable bonds is 4. The van der Waals surface area contributed by atoms with Gasteiger partial charge in [-0.05, 0) is 95.1 Å². The zero-order valence-electron chi connectivity index (χ0n) is 17.9. The SMILES string of the molecule is CC(C)(C)OC(=O)N1CCC(CCS(=O)(=O)c2ccc3c(c2)CCNCC3)CC1. The third kappa shape index (κ3) is 6.19. The van der Waals surface area contributed by atoms with Crippen molar-refractivity contribution in [3.05, 3.63) is 29.3 Å². The Hall–Kier alpha value is -1.60. The summed E-state index contributed by atoms with van der Waals surface area (Å²) >= 11 is 0. The Labute approximate surface area is 174 Å². The Morgan fingerprint density at radius 2 is 1.79 bits per heavy atom. The van der Waals surface area contributed by atoms with E-state index in [2.05, 4.69) is 5.32 Å². The van der Waals surface area contributed by atoms with Gasteiger partial charge in [-0.1, -0.05) is 6.07 Å². The molecule has 6 nitrogen and oxygen atoms in total. The van der Waals surface area contributed by atoms with E-state index in [1.807, 2.05) is 32.9 Å². The van der Waals surface area contributed by atoms with E-state index < -0.39 is 15.4 Å². The molecule has 1 fully saturated rings. The lowest BCUT2D eigenvalue weighted by atomic mass is 9.95. The fraction of sp³-hybridized carbons (Fsp3) is 0.682. The van der Waals surface area contributed by atoms with Crippen LogP contribution in [-0.2, 0) is 27.4 Å². The molecule has 1 saturated heterocycles. The number of hydrogen-bond donors (Lipinski definition) is 1. The maximum atomic E-state index is 12.9. The minimum absolute atomic E-state index is 0.168. The first kappa shape index (κ1) is 22.1. The fourth-order valence-corrected chi connectivity index (χ4v) is 5.49. The topological polar surface area (TPSA) is 75.7 Å². The second kappa shape index (κ2) is 9.04. The quantitative estimate of drug-likeness (QED) is 0.807. The maximum absolute atomic E-state index is 12.9. The highest BCUT2D eigenvalue weighted by atomic mass is 32.2. The first-order valence-corrected chi connectivity index (χ1v) is 12.3. The van der Waals surface area contributed by atoms with Crippen LogP contribution in [0.1, 0.15) is 51.2 Å². The molecule has 0 aliphatic carbocycles. The van der Waals surface area contributed by atoms with Crippen LogP contribution in [0.4, 0.5) is 4.79 Å². The van der Waals surface area contributed by atoms with Gasteiger partial charge in [0.2, 0.25) is 0 Å². The summed E-state index contributed by atoms with van der Waals surface area (Å²) in [6, 6.07) is 5.63. The Morgan fingerprint density at radius 1 is 1.14 bits per heavy atom. The number of carbonyl (C=O) groups excluding carboxylic acids is 1. The zero-order valence-corrected chi connectivity index (χ0v) is 18.7. The molecule has 162 valence electrons. The molecular formula is C22H34N2O4S. The van der Waals surface area contributed by atoms with Gasteiger partial charge in [-0.2, -0.15) is 0 Å². The predicted molar refractivity (Wildman–Crippen MR) is 114 cm³/mol. The van der Waals surface area contributed by atoms with Crippen molar-refractivity contribution in [1.82, 2.24) is 10.2 Å². The highest BCUT2D eigenvalue weighted by molar-refractivity contribution is 7.91. The van der Waals surface area contributed by atoms with E-state index in [0.29, 0.717) is 30.3 Å². The van der Waals surface area contributed by atoms with Gasteiger partial charge in [0.15, 0.2) is 9.84 Å². The molecule has 1 aromatic carbocycles. The fourth-order valence-electron chi connectivity index (χ4n) is 4.01. The first-order chi connectivity index (χ1) is 13.6. The third-order valence-corrected chi connectivity index (χ3v) is 7.49. The van der Waals surface area contributed by atoms with Crippen molar-refractivity contribution in [2.75, 3.05) is 31.9 Å². The van der Waals surface area contributed by atoms with Gasteiger partial charge in [0.1, 0.15) is 5.60 Å². The molecule has 1 N–H and O–H groups in total. The monoisotopic (exact) mass is 422 g/mol. The lowest BCUT2D eigenvalue weighted by Gasteiger charge is -2.33. The van der Waals surface area contributed by atoms with Gasteiger partial charge in [0.05, 0.1) is 10.6 Å². The van der Waals surface area contributed by atoms with Crippen LogP contribution in [0, 0.1) is 5.92 Å². The largest absolute Gasteiger partial charge is 0.444 e. The molecular weight excluding hydrogens is 388 g/mol. The average molecular weight is 423 g/mol. The van der Waals surface area contributed by atoms with Crippen LogP contribution >= 0.6 is 0 Å². The van der Waals surface area contributed by atoms with Crippen molar-refractivity contribution in [2.24, 2.45) is 5.92 Å². The van der Waals surface area contributed by atoms with Crippen LogP contribution in [0.2, 0.25) is 0 Å². The highest BCUT2D eigenvalue weighted by Crippen LogP contribution is 2.25. The normalized spacial score (nSPS) is 18.8. The number of benzene rings is 1. The molecule has 0 saturated carbocycles. The third-order valence-electron chi connectivity index (χ3n) is 5.74. The summed E-state index contributed by atoms with van der Waals surface area (Å²) in [5.41, 5.74) is 1.91. The number of hydrogen-bond acceptors (Lipinski definition) is 5.